The molecular weight excluding hydrogens is 540 g/mol. The van der Waals surface area contributed by atoms with Crippen LogP contribution < -0.4 is 5.43 Å². The highest BCUT2D eigenvalue weighted by molar-refractivity contribution is 9.10. The highest BCUT2D eigenvalue weighted by Crippen LogP contribution is 2.47. The maximum Gasteiger partial charge on any atom is 0.407 e. The lowest BCUT2D eigenvalue weighted by molar-refractivity contribution is -0.514. The molecule has 0 saturated carbocycles. The second-order valence-corrected chi connectivity index (χ2v) is 8.97. The molecule has 2 aromatic carbocycles. The van der Waals surface area contributed by atoms with Gasteiger partial charge >= 0.3 is 17.7 Å². The first-order chi connectivity index (χ1) is 15.3. The van der Waals surface area contributed by atoms with Crippen molar-refractivity contribution in [2.24, 2.45) is 0 Å². The Morgan fingerprint density at radius 1 is 0.875 bits per heavy atom. The van der Waals surface area contributed by atoms with Crippen molar-refractivity contribution in [3.05, 3.63) is 86.1 Å². The van der Waals surface area contributed by atoms with Crippen molar-refractivity contribution in [1.82, 2.24) is 5.43 Å². The lowest BCUT2D eigenvalue weighted by Gasteiger charge is -2.14. The molecule has 0 fully saturated rings. The average Bonchev–Trinajstić information content (AvgIpc) is 3.08. The van der Waals surface area contributed by atoms with E-state index in [2.05, 4.69) is 37.3 Å². The van der Waals surface area contributed by atoms with Crippen molar-refractivity contribution in [3.8, 4) is 11.1 Å². The fraction of sp³-hybridized carbons (Fsp3) is 0.125. The van der Waals surface area contributed by atoms with E-state index in [0.29, 0.717) is 5.57 Å². The molecule has 32 heavy (non-hydrogen) atoms. The first-order valence-corrected chi connectivity index (χ1v) is 11.2. The second-order valence-electron chi connectivity index (χ2n) is 7.13. The van der Waals surface area contributed by atoms with Crippen molar-refractivity contribution in [1.29, 1.82) is 0 Å². The van der Waals surface area contributed by atoms with Gasteiger partial charge in [0.1, 0.15) is 0 Å². The molecule has 1 N–H and O–H groups in total. The summed E-state index contributed by atoms with van der Waals surface area (Å²) in [7, 11) is 2.57. The van der Waals surface area contributed by atoms with Gasteiger partial charge in [-0.1, -0.05) is 48.7 Å². The Bertz CT molecular complexity index is 1240. The maximum atomic E-state index is 13.2. The van der Waals surface area contributed by atoms with Gasteiger partial charge in [0.05, 0.1) is 19.9 Å². The topological polar surface area (TPSA) is 67.6 Å². The highest BCUT2D eigenvalue weighted by atomic mass is 79.9. The number of methoxy groups -OCH3 is 2. The van der Waals surface area contributed by atoms with E-state index in [1.165, 1.54) is 18.9 Å². The van der Waals surface area contributed by atoms with E-state index in [1.807, 2.05) is 49.4 Å². The van der Waals surface area contributed by atoms with Crippen molar-refractivity contribution >= 4 is 55.1 Å². The Morgan fingerprint density at radius 3 is 1.94 bits per heavy atom. The predicted molar refractivity (Wildman–Crippen MR) is 129 cm³/mol. The third-order valence-corrected chi connectivity index (χ3v) is 6.15. The summed E-state index contributed by atoms with van der Waals surface area (Å²) in [6.07, 6.45) is 5.28. The molecule has 1 aliphatic carbocycles. The van der Waals surface area contributed by atoms with Gasteiger partial charge in [0, 0.05) is 20.6 Å². The number of hydrazone groups is 1. The number of fused-ring (bicyclic) bond motifs is 3. The number of rotatable bonds is 3. The van der Waals surface area contributed by atoms with Crippen molar-refractivity contribution < 1.29 is 23.7 Å². The number of benzene rings is 2. The normalized spacial score (nSPS) is 15.3. The third-order valence-electron chi connectivity index (χ3n) is 5.17. The van der Waals surface area contributed by atoms with E-state index in [1.54, 1.807) is 12.3 Å². The molecule has 0 spiro atoms. The van der Waals surface area contributed by atoms with E-state index in [-0.39, 0.29) is 11.3 Å². The quantitative estimate of drug-likeness (QED) is 0.286. The van der Waals surface area contributed by atoms with Crippen LogP contribution >= 0.6 is 31.9 Å². The van der Waals surface area contributed by atoms with Gasteiger partial charge in [-0.2, -0.15) is 5.43 Å². The average molecular weight is 559 g/mol. The Hall–Kier alpha value is -2.97. The minimum Gasteiger partial charge on any atom is -0.465 e. The van der Waals surface area contributed by atoms with E-state index >= 15 is 0 Å². The van der Waals surface area contributed by atoms with Gasteiger partial charge in [-0.25, -0.2) is 9.59 Å². The fourth-order valence-corrected chi connectivity index (χ4v) is 4.56. The Labute approximate surface area is 202 Å². The molecule has 4 rings (SSSR count). The largest absolute Gasteiger partial charge is 0.465 e. The zero-order valence-electron chi connectivity index (χ0n) is 17.5. The standard InChI is InChI=1S/C24H18Br2N2O4/c1-13-5-4-10-28(27-13)22(24(30)32-3)21(23(29)31-2)20-18-11-14(25)6-8-16(18)17-9-7-15(26)12-19(17)20/h4-12H,1-3H3/p+1. The van der Waals surface area contributed by atoms with Crippen LogP contribution in [0.15, 0.2) is 75.0 Å². The zero-order valence-corrected chi connectivity index (χ0v) is 20.7. The number of allylic oxidation sites excluding steroid dienone is 3. The number of ether oxygens (including phenoxy) is 2. The fourth-order valence-electron chi connectivity index (χ4n) is 3.84. The predicted octanol–water partition coefficient (Wildman–Crippen LogP) is 4.73. The molecule has 2 aromatic rings. The molecule has 0 radical (unpaired) electrons. The summed E-state index contributed by atoms with van der Waals surface area (Å²) in [4.78, 5) is 26.3. The smallest absolute Gasteiger partial charge is 0.407 e. The summed E-state index contributed by atoms with van der Waals surface area (Å²) in [5, 5.41) is 0. The van der Waals surface area contributed by atoms with Crippen molar-refractivity contribution in [2.45, 2.75) is 6.92 Å². The van der Waals surface area contributed by atoms with Crippen molar-refractivity contribution in [2.75, 3.05) is 14.2 Å². The minimum atomic E-state index is -0.676. The number of hydrogen-bond acceptors (Lipinski definition) is 5. The molecule has 0 bridgehead atoms. The molecule has 162 valence electrons. The number of nitrogens with one attached hydrogen (secondary N) is 1. The van der Waals surface area contributed by atoms with Crippen LogP contribution in [-0.4, -0.2) is 36.6 Å². The molecule has 1 heterocycles. The molecule has 1 aliphatic heterocycles. The van der Waals surface area contributed by atoms with Crippen LogP contribution in [0.3, 0.4) is 0 Å². The third kappa shape index (κ3) is 3.84. The van der Waals surface area contributed by atoms with Gasteiger partial charge < -0.3 is 9.47 Å². The number of nitrogens with zero attached hydrogens (tertiary/aromatic N) is 1. The van der Waals surface area contributed by atoms with Crippen LogP contribution in [0.2, 0.25) is 0 Å². The first kappa shape index (κ1) is 22.2. The summed E-state index contributed by atoms with van der Waals surface area (Å²) in [5.74, 6) is -1.33. The SMILES string of the molecule is COC(=O)C(=C1c2cc(Br)ccc2-c2ccc(Br)cc21)C(C(=O)OC)=[N+]1C=CC=C(C)N1. The summed E-state index contributed by atoms with van der Waals surface area (Å²) in [6.45, 7) is 1.85. The molecule has 0 aromatic heterocycles. The van der Waals surface area contributed by atoms with Crippen LogP contribution in [0.5, 0.6) is 0 Å². The molecular formula is C24H19Br2N2O4+. The van der Waals surface area contributed by atoms with Gasteiger partial charge in [0.15, 0.2) is 5.57 Å². The molecule has 6 nitrogen and oxygen atoms in total. The summed E-state index contributed by atoms with van der Waals surface area (Å²) < 4.78 is 13.4. The monoisotopic (exact) mass is 557 g/mol. The van der Waals surface area contributed by atoms with E-state index in [9.17, 15) is 9.59 Å². The van der Waals surface area contributed by atoms with Gasteiger partial charge in [-0.3, -0.25) is 0 Å². The molecule has 0 unspecified atom stereocenters. The van der Waals surface area contributed by atoms with Crippen molar-refractivity contribution in [3.63, 3.8) is 0 Å². The lowest BCUT2D eigenvalue weighted by Crippen LogP contribution is -2.39. The summed E-state index contributed by atoms with van der Waals surface area (Å²) in [5.41, 5.74) is 8.12. The number of esters is 2. The minimum absolute atomic E-state index is 0.0248. The molecule has 0 atom stereocenters. The molecule has 2 aliphatic rings. The van der Waals surface area contributed by atoms with Gasteiger partial charge in [0.25, 0.3) is 0 Å². The zero-order chi connectivity index (χ0) is 23.0. The number of hydrazine groups is 1. The van der Waals surface area contributed by atoms with Gasteiger partial charge in [0.2, 0.25) is 6.20 Å². The maximum absolute atomic E-state index is 13.2. The van der Waals surface area contributed by atoms with Crippen LogP contribution in [0.4, 0.5) is 0 Å². The summed E-state index contributed by atoms with van der Waals surface area (Å²) >= 11 is 7.06. The molecule has 0 saturated heterocycles. The Morgan fingerprint density at radius 2 is 1.44 bits per heavy atom. The van der Waals surface area contributed by atoms with Crippen LogP contribution in [0.1, 0.15) is 18.1 Å². The van der Waals surface area contributed by atoms with Gasteiger partial charge in [-0.05, 0) is 59.5 Å². The lowest BCUT2D eigenvalue weighted by atomic mass is 9.94. The Kier molecular flexibility index (Phi) is 6.17. The highest BCUT2D eigenvalue weighted by Gasteiger charge is 2.41. The van der Waals surface area contributed by atoms with Crippen LogP contribution in [0.25, 0.3) is 16.7 Å². The Balaban J connectivity index is 2.16. The number of hydrogen-bond donors (Lipinski definition) is 1. The number of carbonyl (C=O) groups excluding carboxylic acids is 2. The van der Waals surface area contributed by atoms with Crippen LogP contribution in [-0.2, 0) is 19.1 Å². The van der Waals surface area contributed by atoms with E-state index in [0.717, 1.165) is 36.9 Å². The second kappa shape index (κ2) is 8.88. The van der Waals surface area contributed by atoms with E-state index in [4.69, 9.17) is 9.47 Å². The van der Waals surface area contributed by atoms with Crippen LogP contribution in [0, 0.1) is 0 Å². The van der Waals surface area contributed by atoms with Gasteiger partial charge in [-0.15, -0.1) is 0 Å². The molecule has 8 heteroatoms. The first-order valence-electron chi connectivity index (χ1n) is 9.65. The molecule has 0 amide bonds. The van der Waals surface area contributed by atoms with E-state index < -0.39 is 11.9 Å². The summed E-state index contributed by atoms with van der Waals surface area (Å²) in [6, 6.07) is 11.7. The number of carbonyl (C=O) groups is 2. The number of halogens is 2.